The molecule has 0 radical (unpaired) electrons. The molecule has 1 aromatic heterocycles. The van der Waals surface area contributed by atoms with Crippen LogP contribution in [-0.2, 0) is 6.54 Å². The highest BCUT2D eigenvalue weighted by molar-refractivity contribution is 7.09. The number of rotatable bonds is 9. The first kappa shape index (κ1) is 17.5. The van der Waals surface area contributed by atoms with Crippen LogP contribution < -0.4 is 15.4 Å². The molecule has 3 rings (SSSR count). The molecule has 0 aliphatic carbocycles. The Morgan fingerprint density at radius 2 is 1.76 bits per heavy atom. The van der Waals surface area contributed by atoms with Gasteiger partial charge in [0.2, 0.25) is 0 Å². The van der Waals surface area contributed by atoms with Gasteiger partial charge in [0.25, 0.3) is 0 Å². The first-order chi connectivity index (χ1) is 12.4. The average molecular weight is 353 g/mol. The van der Waals surface area contributed by atoms with Crippen molar-refractivity contribution in [3.05, 3.63) is 82.6 Å². The first-order valence-electron chi connectivity index (χ1n) is 8.58. The molecule has 0 aliphatic rings. The lowest BCUT2D eigenvalue weighted by Gasteiger charge is -2.22. The Labute approximate surface area is 153 Å². The van der Waals surface area contributed by atoms with Gasteiger partial charge in [-0.05, 0) is 42.7 Å². The van der Waals surface area contributed by atoms with Crippen molar-refractivity contribution in [2.75, 3.05) is 18.9 Å². The molecule has 0 fully saturated rings. The standard InChI is InChI=1S/C21H24N2OS/c1-22-14-13-20(17-8-3-2-4-9-17)24-21-12-6-5-11-19(21)23-16-18-10-7-15-25-18/h2-12,15,20,22-23H,13-14,16H2,1H3. The van der Waals surface area contributed by atoms with Crippen LogP contribution in [0.25, 0.3) is 0 Å². The number of hydrogen-bond acceptors (Lipinski definition) is 4. The highest BCUT2D eigenvalue weighted by atomic mass is 32.1. The van der Waals surface area contributed by atoms with Gasteiger partial charge in [-0.1, -0.05) is 48.5 Å². The Balaban J connectivity index is 1.74. The topological polar surface area (TPSA) is 33.3 Å². The lowest BCUT2D eigenvalue weighted by atomic mass is 10.1. The van der Waals surface area contributed by atoms with Crippen LogP contribution in [-0.4, -0.2) is 13.6 Å². The maximum Gasteiger partial charge on any atom is 0.143 e. The van der Waals surface area contributed by atoms with E-state index in [4.69, 9.17) is 4.74 Å². The minimum Gasteiger partial charge on any atom is -0.484 e. The van der Waals surface area contributed by atoms with Crippen LogP contribution in [0.15, 0.2) is 72.1 Å². The monoisotopic (exact) mass is 352 g/mol. The highest BCUT2D eigenvalue weighted by Crippen LogP contribution is 2.31. The van der Waals surface area contributed by atoms with Crippen molar-refractivity contribution in [1.29, 1.82) is 0 Å². The van der Waals surface area contributed by atoms with Crippen molar-refractivity contribution in [2.24, 2.45) is 0 Å². The van der Waals surface area contributed by atoms with Gasteiger partial charge in [-0.15, -0.1) is 11.3 Å². The number of ether oxygens (including phenoxy) is 1. The Hall–Kier alpha value is -2.30. The van der Waals surface area contributed by atoms with E-state index in [1.807, 2.05) is 31.3 Å². The molecule has 2 aromatic carbocycles. The molecule has 3 aromatic rings. The summed E-state index contributed by atoms with van der Waals surface area (Å²) in [4.78, 5) is 1.31. The Bertz CT molecular complexity index is 744. The minimum atomic E-state index is 0.0262. The number of benzene rings is 2. The lowest BCUT2D eigenvalue weighted by molar-refractivity contribution is 0.196. The van der Waals surface area contributed by atoms with Crippen LogP contribution in [0.5, 0.6) is 5.75 Å². The van der Waals surface area contributed by atoms with Crippen LogP contribution in [0.3, 0.4) is 0 Å². The third-order valence-electron chi connectivity index (χ3n) is 4.02. The maximum absolute atomic E-state index is 6.40. The van der Waals surface area contributed by atoms with Gasteiger partial charge in [-0.3, -0.25) is 0 Å². The largest absolute Gasteiger partial charge is 0.484 e. The van der Waals surface area contributed by atoms with Crippen molar-refractivity contribution in [1.82, 2.24) is 5.32 Å². The van der Waals surface area contributed by atoms with Gasteiger partial charge in [0.1, 0.15) is 11.9 Å². The summed E-state index contributed by atoms with van der Waals surface area (Å²) in [5.74, 6) is 0.893. The van der Waals surface area contributed by atoms with Crippen LogP contribution in [0, 0.1) is 0 Å². The second-order valence-corrected chi connectivity index (χ2v) is 6.87. The molecular weight excluding hydrogens is 328 g/mol. The maximum atomic E-state index is 6.40. The zero-order chi connectivity index (χ0) is 17.3. The molecule has 0 bridgehead atoms. The van der Waals surface area contributed by atoms with E-state index in [1.165, 1.54) is 10.4 Å². The van der Waals surface area contributed by atoms with Crippen LogP contribution in [0.2, 0.25) is 0 Å². The van der Waals surface area contributed by atoms with Crippen molar-refractivity contribution in [3.8, 4) is 5.75 Å². The van der Waals surface area contributed by atoms with E-state index in [0.717, 1.165) is 30.9 Å². The van der Waals surface area contributed by atoms with Crippen molar-refractivity contribution in [3.63, 3.8) is 0 Å². The summed E-state index contributed by atoms with van der Waals surface area (Å²) in [6, 6.07) is 22.8. The minimum absolute atomic E-state index is 0.0262. The van der Waals surface area contributed by atoms with Crippen molar-refractivity contribution >= 4 is 17.0 Å². The molecule has 1 atom stereocenters. The predicted molar refractivity (Wildman–Crippen MR) is 106 cm³/mol. The summed E-state index contributed by atoms with van der Waals surface area (Å²) in [6.07, 6.45) is 0.943. The van der Waals surface area contributed by atoms with E-state index >= 15 is 0 Å². The first-order valence-corrected chi connectivity index (χ1v) is 9.46. The third kappa shape index (κ3) is 5.08. The van der Waals surface area contributed by atoms with E-state index in [9.17, 15) is 0 Å². The third-order valence-corrected chi connectivity index (χ3v) is 4.89. The van der Waals surface area contributed by atoms with Crippen LogP contribution in [0.4, 0.5) is 5.69 Å². The van der Waals surface area contributed by atoms with Gasteiger partial charge in [-0.25, -0.2) is 0 Å². The second kappa shape index (κ2) is 9.25. The molecule has 0 spiro atoms. The van der Waals surface area contributed by atoms with Crippen LogP contribution in [0.1, 0.15) is 23.0 Å². The fraction of sp³-hybridized carbons (Fsp3) is 0.238. The highest BCUT2D eigenvalue weighted by Gasteiger charge is 2.14. The normalized spacial score (nSPS) is 11.9. The van der Waals surface area contributed by atoms with E-state index in [0.29, 0.717) is 0 Å². The summed E-state index contributed by atoms with van der Waals surface area (Å²) in [6.45, 7) is 1.72. The second-order valence-electron chi connectivity index (χ2n) is 5.84. The van der Waals surface area contributed by atoms with E-state index in [-0.39, 0.29) is 6.10 Å². The van der Waals surface area contributed by atoms with Gasteiger partial charge in [0, 0.05) is 17.8 Å². The van der Waals surface area contributed by atoms with Crippen LogP contribution >= 0.6 is 11.3 Å². The molecule has 1 unspecified atom stereocenters. The van der Waals surface area contributed by atoms with Gasteiger partial charge >= 0.3 is 0 Å². The predicted octanol–water partition coefficient (Wildman–Crippen LogP) is 5.09. The fourth-order valence-corrected chi connectivity index (χ4v) is 3.35. The summed E-state index contributed by atoms with van der Waals surface area (Å²) >= 11 is 1.76. The van der Waals surface area contributed by atoms with Crippen molar-refractivity contribution in [2.45, 2.75) is 19.1 Å². The number of thiophene rings is 1. The SMILES string of the molecule is CNCCC(Oc1ccccc1NCc1cccs1)c1ccccc1. The Kier molecular flexibility index (Phi) is 6.48. The summed E-state index contributed by atoms with van der Waals surface area (Å²) < 4.78 is 6.40. The molecule has 0 amide bonds. The number of para-hydroxylation sites is 2. The molecule has 4 heteroatoms. The molecule has 3 nitrogen and oxygen atoms in total. The molecule has 0 aliphatic heterocycles. The number of hydrogen-bond donors (Lipinski definition) is 2. The quantitative estimate of drug-likeness (QED) is 0.563. The number of nitrogens with one attached hydrogen (secondary N) is 2. The van der Waals surface area contributed by atoms with E-state index in [2.05, 4.69) is 58.5 Å². The van der Waals surface area contributed by atoms with E-state index < -0.39 is 0 Å². The molecule has 1 heterocycles. The van der Waals surface area contributed by atoms with E-state index in [1.54, 1.807) is 11.3 Å². The molecular formula is C21H24N2OS. The lowest BCUT2D eigenvalue weighted by Crippen LogP contribution is -2.16. The summed E-state index contributed by atoms with van der Waals surface area (Å²) in [7, 11) is 1.97. The fourth-order valence-electron chi connectivity index (χ4n) is 2.70. The summed E-state index contributed by atoms with van der Waals surface area (Å²) in [5.41, 5.74) is 2.23. The molecule has 0 saturated heterocycles. The van der Waals surface area contributed by atoms with Gasteiger partial charge < -0.3 is 15.4 Å². The smallest absolute Gasteiger partial charge is 0.143 e. The number of anilines is 1. The van der Waals surface area contributed by atoms with Gasteiger partial charge in [0.15, 0.2) is 0 Å². The summed E-state index contributed by atoms with van der Waals surface area (Å²) in [5, 5.41) is 8.82. The van der Waals surface area contributed by atoms with Crippen molar-refractivity contribution < 1.29 is 4.74 Å². The zero-order valence-electron chi connectivity index (χ0n) is 14.4. The molecule has 2 N–H and O–H groups in total. The molecule has 0 saturated carbocycles. The van der Waals surface area contributed by atoms with Gasteiger partial charge in [0.05, 0.1) is 5.69 Å². The zero-order valence-corrected chi connectivity index (χ0v) is 15.3. The van der Waals surface area contributed by atoms with Gasteiger partial charge in [-0.2, -0.15) is 0 Å². The average Bonchev–Trinajstić information content (AvgIpc) is 3.18. The molecule has 25 heavy (non-hydrogen) atoms. The Morgan fingerprint density at radius 1 is 0.960 bits per heavy atom. The molecule has 130 valence electrons. The Morgan fingerprint density at radius 3 is 2.52 bits per heavy atom.